The highest BCUT2D eigenvalue weighted by molar-refractivity contribution is 7.85. The molecular formula is C30H33N7O5S. The van der Waals surface area contributed by atoms with Crippen LogP contribution in [-0.4, -0.2) is 44.9 Å². The Balaban J connectivity index is 1.51. The average Bonchev–Trinajstić information content (AvgIpc) is 2.89. The first-order valence-electron chi connectivity index (χ1n) is 13.4. The molecule has 0 aliphatic carbocycles. The van der Waals surface area contributed by atoms with Gasteiger partial charge in [0.25, 0.3) is 10.1 Å². The van der Waals surface area contributed by atoms with Crippen molar-refractivity contribution in [2.24, 2.45) is 10.2 Å². The zero-order chi connectivity index (χ0) is 31.5. The second-order valence-corrected chi connectivity index (χ2v) is 11.8. The molecule has 0 saturated carbocycles. The molecule has 12 nitrogen and oxygen atoms in total. The lowest BCUT2D eigenvalue weighted by Crippen LogP contribution is -2.08. The Morgan fingerprint density at radius 1 is 0.860 bits per heavy atom. The van der Waals surface area contributed by atoms with Gasteiger partial charge in [-0.05, 0) is 106 Å². The smallest absolute Gasteiger partial charge is 0.320 e. The Bertz CT molecular complexity index is 1780. The van der Waals surface area contributed by atoms with Gasteiger partial charge in [0.15, 0.2) is 5.78 Å². The second kappa shape index (κ2) is 12.6. The summed E-state index contributed by atoms with van der Waals surface area (Å²) in [7, 11) is -4.32. The predicted molar refractivity (Wildman–Crippen MR) is 164 cm³/mol. The molecule has 1 unspecified atom stereocenters. The normalized spacial score (nSPS) is 12.3. The number of ketones is 1. The number of carbonyl (C=O) groups is 1. The van der Waals surface area contributed by atoms with Crippen LogP contribution in [0.1, 0.15) is 47.2 Å². The molecule has 0 spiro atoms. The first-order valence-corrected chi connectivity index (χ1v) is 14.8. The quantitative estimate of drug-likeness (QED) is 0.120. The molecule has 0 amide bonds. The lowest BCUT2D eigenvalue weighted by Gasteiger charge is -2.15. The summed E-state index contributed by atoms with van der Waals surface area (Å²) in [5.74, 6) is 0.111. The Morgan fingerprint density at radius 2 is 1.37 bits per heavy atom. The highest BCUT2D eigenvalue weighted by Crippen LogP contribution is 2.30. The number of aryl methyl sites for hydroxylation is 4. The number of hydrogen-bond donors (Lipinski definition) is 4. The van der Waals surface area contributed by atoms with Crippen LogP contribution in [0.15, 0.2) is 63.7 Å². The van der Waals surface area contributed by atoms with Gasteiger partial charge in [0.1, 0.15) is 6.04 Å². The van der Waals surface area contributed by atoms with Crippen molar-refractivity contribution in [3.05, 3.63) is 81.9 Å². The van der Waals surface area contributed by atoms with E-state index in [4.69, 9.17) is 4.55 Å². The van der Waals surface area contributed by atoms with Crippen molar-refractivity contribution < 1.29 is 22.9 Å². The van der Waals surface area contributed by atoms with Crippen LogP contribution < -0.4 is 10.6 Å². The molecule has 1 atom stereocenters. The number of aromatic nitrogens is 3. The maximum Gasteiger partial charge on any atom is 0.320 e. The molecular weight excluding hydrogens is 570 g/mol. The molecule has 224 valence electrons. The van der Waals surface area contributed by atoms with Crippen molar-refractivity contribution in [3.63, 3.8) is 0 Å². The fourth-order valence-corrected chi connectivity index (χ4v) is 5.03. The Hall–Kier alpha value is -4.75. The molecule has 0 radical (unpaired) electrons. The van der Waals surface area contributed by atoms with Crippen molar-refractivity contribution in [3.8, 4) is 6.01 Å². The van der Waals surface area contributed by atoms with E-state index in [1.807, 2.05) is 27.7 Å². The van der Waals surface area contributed by atoms with Crippen molar-refractivity contribution in [2.45, 2.75) is 58.9 Å². The molecule has 0 aliphatic heterocycles. The zero-order valence-corrected chi connectivity index (χ0v) is 25.5. The van der Waals surface area contributed by atoms with Gasteiger partial charge < -0.3 is 15.7 Å². The van der Waals surface area contributed by atoms with Crippen LogP contribution in [0.5, 0.6) is 6.01 Å². The van der Waals surface area contributed by atoms with Crippen LogP contribution in [-0.2, 0) is 21.3 Å². The highest BCUT2D eigenvalue weighted by Gasteiger charge is 2.14. The van der Waals surface area contributed by atoms with E-state index in [1.165, 1.54) is 31.2 Å². The van der Waals surface area contributed by atoms with Gasteiger partial charge in [-0.15, -0.1) is 0 Å². The molecule has 0 bridgehead atoms. The standard InChI is InChI=1S/C30H33N7O5S/c1-16-11-22(15-23-13-18(3)27(19(4)14-23)37-36-20(5)21(6)38)12-17(2)26(16)32-29-33-28(34-30(39)35-29)31-24-7-9-25(10-8-24)43(40,41)42/h7-14,20H,15H2,1-6H3,(H,40,41,42)(H3,31,32,33,34,35,39)/b37-36+. The third kappa shape index (κ3) is 7.96. The summed E-state index contributed by atoms with van der Waals surface area (Å²) >= 11 is 0. The first-order chi connectivity index (χ1) is 20.2. The van der Waals surface area contributed by atoms with Crippen LogP contribution in [0.4, 0.5) is 29.0 Å². The van der Waals surface area contributed by atoms with Gasteiger partial charge in [-0.3, -0.25) is 9.35 Å². The number of carbonyl (C=O) groups excluding carboxylic acids is 1. The van der Waals surface area contributed by atoms with E-state index in [0.717, 1.165) is 44.8 Å². The fraction of sp³-hybridized carbons (Fsp3) is 0.267. The summed E-state index contributed by atoms with van der Waals surface area (Å²) in [6.07, 6.45) is 0.696. The summed E-state index contributed by atoms with van der Waals surface area (Å²) in [6, 6.07) is 12.6. The van der Waals surface area contributed by atoms with E-state index >= 15 is 0 Å². The van der Waals surface area contributed by atoms with Crippen molar-refractivity contribution >= 4 is 44.9 Å². The minimum atomic E-state index is -4.32. The van der Waals surface area contributed by atoms with E-state index in [0.29, 0.717) is 12.1 Å². The average molecular weight is 604 g/mol. The molecule has 3 aromatic carbocycles. The molecule has 0 fully saturated rings. The number of rotatable bonds is 10. The molecule has 0 aliphatic rings. The number of benzene rings is 3. The molecule has 4 aromatic rings. The summed E-state index contributed by atoms with van der Waals surface area (Å²) in [6.45, 7) is 11.1. The van der Waals surface area contributed by atoms with Crippen LogP contribution in [0, 0.1) is 27.7 Å². The molecule has 13 heteroatoms. The molecule has 1 aromatic heterocycles. The number of hydrogen-bond acceptors (Lipinski definition) is 11. The van der Waals surface area contributed by atoms with E-state index in [-0.39, 0.29) is 22.6 Å². The topological polar surface area (TPSA) is 179 Å². The van der Waals surface area contributed by atoms with Crippen molar-refractivity contribution in [2.75, 3.05) is 10.6 Å². The fourth-order valence-electron chi connectivity index (χ4n) is 4.55. The summed E-state index contributed by atoms with van der Waals surface area (Å²) < 4.78 is 31.7. The second-order valence-electron chi connectivity index (χ2n) is 10.4. The molecule has 4 N–H and O–H groups in total. The van der Waals surface area contributed by atoms with E-state index < -0.39 is 22.2 Å². The maximum absolute atomic E-state index is 11.5. The number of anilines is 4. The Labute approximate surface area is 250 Å². The van der Waals surface area contributed by atoms with Gasteiger partial charge in [-0.25, -0.2) is 0 Å². The maximum atomic E-state index is 11.5. The lowest BCUT2D eigenvalue weighted by molar-refractivity contribution is -0.117. The number of nitrogens with one attached hydrogen (secondary N) is 2. The largest absolute Gasteiger partial charge is 0.479 e. The van der Waals surface area contributed by atoms with Crippen LogP contribution in [0.25, 0.3) is 0 Å². The van der Waals surface area contributed by atoms with Gasteiger partial charge >= 0.3 is 6.01 Å². The van der Waals surface area contributed by atoms with E-state index in [9.17, 15) is 18.3 Å². The third-order valence-electron chi connectivity index (χ3n) is 6.74. The highest BCUT2D eigenvalue weighted by atomic mass is 32.2. The Kier molecular flexibility index (Phi) is 9.16. The van der Waals surface area contributed by atoms with Crippen molar-refractivity contribution in [1.82, 2.24) is 15.0 Å². The van der Waals surface area contributed by atoms with E-state index in [2.05, 4.69) is 60.1 Å². The van der Waals surface area contributed by atoms with Gasteiger partial charge in [-0.1, -0.05) is 24.3 Å². The summed E-state index contributed by atoms with van der Waals surface area (Å²) in [4.78, 5) is 23.4. The monoisotopic (exact) mass is 603 g/mol. The number of Topliss-reactive ketones (excluding diaryl/α,β-unsaturated/α-hetero) is 1. The van der Waals surface area contributed by atoms with Crippen LogP contribution in [0.3, 0.4) is 0 Å². The SMILES string of the molecule is CC(=O)C(C)/N=N/c1c(C)cc(Cc2cc(C)c(Nc3nc(O)nc(Nc4ccc(S(=O)(=O)O)cc4)n3)c(C)c2)cc1C. The van der Waals surface area contributed by atoms with Crippen molar-refractivity contribution in [1.29, 1.82) is 0 Å². The van der Waals surface area contributed by atoms with Gasteiger partial charge in [0, 0.05) is 11.4 Å². The third-order valence-corrected chi connectivity index (χ3v) is 7.61. The minimum absolute atomic E-state index is 0.0323. The molecule has 1 heterocycles. The number of azo groups is 1. The minimum Gasteiger partial charge on any atom is -0.479 e. The molecule has 4 rings (SSSR count). The van der Waals surface area contributed by atoms with Gasteiger partial charge in [0.05, 0.1) is 10.6 Å². The number of aromatic hydroxyl groups is 1. The van der Waals surface area contributed by atoms with Gasteiger partial charge in [-0.2, -0.15) is 33.6 Å². The Morgan fingerprint density at radius 3 is 1.88 bits per heavy atom. The summed E-state index contributed by atoms with van der Waals surface area (Å²) in [5.41, 5.74) is 8.07. The predicted octanol–water partition coefficient (Wildman–Crippen LogP) is 6.20. The lowest BCUT2D eigenvalue weighted by atomic mass is 9.96. The van der Waals surface area contributed by atoms with Gasteiger partial charge in [0.2, 0.25) is 11.9 Å². The molecule has 43 heavy (non-hydrogen) atoms. The number of nitrogens with zero attached hydrogens (tertiary/aromatic N) is 5. The summed E-state index contributed by atoms with van der Waals surface area (Å²) in [5, 5.41) is 24.6. The molecule has 0 saturated heterocycles. The first kappa shape index (κ1) is 31.2. The van der Waals surface area contributed by atoms with Crippen LogP contribution in [0.2, 0.25) is 0 Å². The van der Waals surface area contributed by atoms with E-state index in [1.54, 1.807) is 6.92 Å². The van der Waals surface area contributed by atoms with Crippen LogP contribution >= 0.6 is 0 Å². The zero-order valence-electron chi connectivity index (χ0n) is 24.7.